The van der Waals surface area contributed by atoms with Gasteiger partial charge in [0.1, 0.15) is 18.8 Å². The van der Waals surface area contributed by atoms with E-state index in [1.807, 2.05) is 37.3 Å². The lowest BCUT2D eigenvalue weighted by atomic mass is 10.0. The van der Waals surface area contributed by atoms with Gasteiger partial charge in [0.05, 0.1) is 0 Å². The standard InChI is InChI=1S/C18H15ClO4/c1-11-7-14(19)5-6-16(11)22-10-12-3-2-4-13(8-12)18-15(20)9-17(21)23-18/h2-8,18H,9-10H2,1H3. The molecular weight excluding hydrogens is 316 g/mol. The molecule has 2 aromatic carbocycles. The highest BCUT2D eigenvalue weighted by Crippen LogP contribution is 2.28. The molecule has 2 aromatic rings. The molecular formula is C18H15ClO4. The molecule has 1 unspecified atom stereocenters. The van der Waals surface area contributed by atoms with Gasteiger partial charge in [0.2, 0.25) is 0 Å². The maximum absolute atomic E-state index is 11.8. The zero-order chi connectivity index (χ0) is 16.4. The number of rotatable bonds is 4. The highest BCUT2D eigenvalue weighted by Gasteiger charge is 2.33. The molecule has 3 rings (SSSR count). The van der Waals surface area contributed by atoms with E-state index in [9.17, 15) is 9.59 Å². The molecule has 118 valence electrons. The van der Waals surface area contributed by atoms with Gasteiger partial charge in [-0.15, -0.1) is 0 Å². The van der Waals surface area contributed by atoms with Crippen molar-refractivity contribution in [1.29, 1.82) is 0 Å². The number of aryl methyl sites for hydroxylation is 1. The van der Waals surface area contributed by atoms with Gasteiger partial charge in [0, 0.05) is 10.6 Å². The predicted molar refractivity (Wildman–Crippen MR) is 85.4 cm³/mol. The SMILES string of the molecule is Cc1cc(Cl)ccc1OCc1cccc(C2OC(=O)CC2=O)c1. The molecule has 0 bridgehead atoms. The van der Waals surface area contributed by atoms with E-state index in [0.29, 0.717) is 17.2 Å². The van der Waals surface area contributed by atoms with Gasteiger partial charge in [-0.2, -0.15) is 0 Å². The second-order valence-electron chi connectivity index (χ2n) is 5.46. The Morgan fingerprint density at radius 2 is 2.04 bits per heavy atom. The van der Waals surface area contributed by atoms with Crippen molar-refractivity contribution in [3.8, 4) is 5.75 Å². The van der Waals surface area contributed by atoms with E-state index in [0.717, 1.165) is 16.9 Å². The minimum atomic E-state index is -0.792. The molecule has 5 heteroatoms. The zero-order valence-corrected chi connectivity index (χ0v) is 13.3. The van der Waals surface area contributed by atoms with Gasteiger partial charge in [-0.05, 0) is 42.3 Å². The molecule has 1 fully saturated rings. The summed E-state index contributed by atoms with van der Waals surface area (Å²) in [6.07, 6.45) is -0.949. The summed E-state index contributed by atoms with van der Waals surface area (Å²) in [5.74, 6) is 0.0724. The summed E-state index contributed by atoms with van der Waals surface area (Å²) in [6.45, 7) is 2.28. The Kier molecular flexibility index (Phi) is 4.35. The fourth-order valence-corrected chi connectivity index (χ4v) is 2.74. The molecule has 4 nitrogen and oxygen atoms in total. The van der Waals surface area contributed by atoms with Crippen LogP contribution in [0.3, 0.4) is 0 Å². The number of halogens is 1. The third-order valence-electron chi connectivity index (χ3n) is 3.65. The average Bonchev–Trinajstić information content (AvgIpc) is 2.85. The number of Topliss-reactive ketones (excluding diaryl/α,β-unsaturated/α-hetero) is 1. The van der Waals surface area contributed by atoms with Crippen LogP contribution in [0.15, 0.2) is 42.5 Å². The van der Waals surface area contributed by atoms with E-state index >= 15 is 0 Å². The molecule has 23 heavy (non-hydrogen) atoms. The van der Waals surface area contributed by atoms with Crippen LogP contribution in [0, 0.1) is 6.92 Å². The first-order chi connectivity index (χ1) is 11.0. The Morgan fingerprint density at radius 1 is 1.22 bits per heavy atom. The highest BCUT2D eigenvalue weighted by molar-refractivity contribution is 6.30. The van der Waals surface area contributed by atoms with Crippen LogP contribution in [0.25, 0.3) is 0 Å². The normalized spacial score (nSPS) is 17.2. The van der Waals surface area contributed by atoms with Crippen molar-refractivity contribution in [1.82, 2.24) is 0 Å². The lowest BCUT2D eigenvalue weighted by Gasteiger charge is -2.12. The quantitative estimate of drug-likeness (QED) is 0.632. The third kappa shape index (κ3) is 3.54. The van der Waals surface area contributed by atoms with Crippen molar-refractivity contribution in [3.63, 3.8) is 0 Å². The lowest BCUT2D eigenvalue weighted by Crippen LogP contribution is -2.07. The van der Waals surface area contributed by atoms with Crippen LogP contribution in [0.1, 0.15) is 29.2 Å². The van der Waals surface area contributed by atoms with Crippen LogP contribution in [0.4, 0.5) is 0 Å². The topological polar surface area (TPSA) is 52.6 Å². The molecule has 0 aliphatic carbocycles. The maximum atomic E-state index is 11.8. The number of cyclic esters (lactones) is 1. The number of carbonyl (C=O) groups excluding carboxylic acids is 2. The Morgan fingerprint density at radius 3 is 2.74 bits per heavy atom. The predicted octanol–water partition coefficient (Wildman–Crippen LogP) is 3.78. The second kappa shape index (κ2) is 6.42. The summed E-state index contributed by atoms with van der Waals surface area (Å²) in [7, 11) is 0. The lowest BCUT2D eigenvalue weighted by molar-refractivity contribution is -0.142. The summed E-state index contributed by atoms with van der Waals surface area (Å²) in [5.41, 5.74) is 2.52. The minimum absolute atomic E-state index is 0.157. The molecule has 1 atom stereocenters. The van der Waals surface area contributed by atoms with E-state index in [1.165, 1.54) is 0 Å². The van der Waals surface area contributed by atoms with Crippen molar-refractivity contribution in [2.45, 2.75) is 26.1 Å². The number of hydrogen-bond donors (Lipinski definition) is 0. The monoisotopic (exact) mass is 330 g/mol. The van der Waals surface area contributed by atoms with Gasteiger partial charge >= 0.3 is 5.97 Å². The number of ketones is 1. The van der Waals surface area contributed by atoms with Gasteiger partial charge < -0.3 is 9.47 Å². The van der Waals surface area contributed by atoms with Gasteiger partial charge in [-0.3, -0.25) is 9.59 Å². The van der Waals surface area contributed by atoms with E-state index < -0.39 is 12.1 Å². The second-order valence-corrected chi connectivity index (χ2v) is 5.89. The van der Waals surface area contributed by atoms with Crippen LogP contribution in [0.5, 0.6) is 5.75 Å². The Bertz CT molecular complexity index is 769. The van der Waals surface area contributed by atoms with Gasteiger partial charge in [-0.1, -0.05) is 29.8 Å². The third-order valence-corrected chi connectivity index (χ3v) is 3.88. The first kappa shape index (κ1) is 15.6. The maximum Gasteiger partial charge on any atom is 0.314 e. The minimum Gasteiger partial charge on any atom is -0.489 e. The molecule has 0 saturated carbocycles. The first-order valence-corrected chi connectivity index (χ1v) is 7.61. The molecule has 1 heterocycles. The van der Waals surface area contributed by atoms with Crippen LogP contribution in [-0.4, -0.2) is 11.8 Å². The number of esters is 1. The molecule has 0 amide bonds. The summed E-state index contributed by atoms with van der Waals surface area (Å²) < 4.78 is 10.9. The summed E-state index contributed by atoms with van der Waals surface area (Å²) in [5, 5.41) is 0.665. The molecule has 1 aliphatic rings. The van der Waals surface area contributed by atoms with Crippen molar-refractivity contribution < 1.29 is 19.1 Å². The number of hydrogen-bond acceptors (Lipinski definition) is 4. The van der Waals surface area contributed by atoms with Gasteiger partial charge in [-0.25, -0.2) is 0 Å². The molecule has 0 spiro atoms. The van der Waals surface area contributed by atoms with E-state index in [2.05, 4.69) is 0 Å². The van der Waals surface area contributed by atoms with Crippen LogP contribution in [0.2, 0.25) is 5.02 Å². The van der Waals surface area contributed by atoms with Crippen LogP contribution >= 0.6 is 11.6 Å². The van der Waals surface area contributed by atoms with Crippen molar-refractivity contribution in [2.75, 3.05) is 0 Å². The number of ether oxygens (including phenoxy) is 2. The summed E-state index contributed by atoms with van der Waals surface area (Å²) in [6, 6.07) is 12.8. The first-order valence-electron chi connectivity index (χ1n) is 7.23. The Hall–Kier alpha value is -2.33. The smallest absolute Gasteiger partial charge is 0.314 e. The molecule has 1 aliphatic heterocycles. The largest absolute Gasteiger partial charge is 0.489 e. The van der Waals surface area contributed by atoms with Crippen molar-refractivity contribution >= 4 is 23.4 Å². The molecule has 1 saturated heterocycles. The van der Waals surface area contributed by atoms with Crippen LogP contribution < -0.4 is 4.74 Å². The van der Waals surface area contributed by atoms with Gasteiger partial charge in [0.15, 0.2) is 11.9 Å². The number of benzene rings is 2. The highest BCUT2D eigenvalue weighted by atomic mass is 35.5. The fourth-order valence-electron chi connectivity index (χ4n) is 2.51. The molecule has 0 N–H and O–H groups in total. The fraction of sp³-hybridized carbons (Fsp3) is 0.222. The number of carbonyl (C=O) groups is 2. The Balaban J connectivity index is 1.73. The van der Waals surface area contributed by atoms with E-state index in [-0.39, 0.29) is 12.2 Å². The Labute approximate surface area is 139 Å². The average molecular weight is 331 g/mol. The van der Waals surface area contributed by atoms with Gasteiger partial charge in [0.25, 0.3) is 0 Å². The molecule has 0 aromatic heterocycles. The van der Waals surface area contributed by atoms with E-state index in [1.54, 1.807) is 12.1 Å². The van der Waals surface area contributed by atoms with E-state index in [4.69, 9.17) is 21.1 Å². The zero-order valence-electron chi connectivity index (χ0n) is 12.5. The van der Waals surface area contributed by atoms with Crippen LogP contribution in [-0.2, 0) is 20.9 Å². The van der Waals surface area contributed by atoms with Crippen molar-refractivity contribution in [3.05, 3.63) is 64.2 Å². The molecule has 0 radical (unpaired) electrons. The summed E-state index contributed by atoms with van der Waals surface area (Å²) in [4.78, 5) is 23.0. The summed E-state index contributed by atoms with van der Waals surface area (Å²) >= 11 is 5.92. The van der Waals surface area contributed by atoms with Crippen molar-refractivity contribution in [2.24, 2.45) is 0 Å².